The maximum atomic E-state index is 6.37. The average molecular weight is 1670 g/mol. The fraction of sp³-hybridized carbons (Fsp3) is 0.0820. The maximum Gasteiger partial charge on any atom is 0.217 e. The van der Waals surface area contributed by atoms with E-state index in [4.69, 9.17) is 4.74 Å². The Balaban J connectivity index is 0.000000134. The van der Waals surface area contributed by atoms with Crippen LogP contribution in [0.4, 0.5) is 17.1 Å². The van der Waals surface area contributed by atoms with E-state index in [1.807, 2.05) is 12.1 Å². The Morgan fingerprint density at radius 1 is 0.198 bits per heavy atom. The van der Waals surface area contributed by atoms with Crippen LogP contribution in [0.1, 0.15) is 22.3 Å². The molecule has 9 heteroatoms. The lowest BCUT2D eigenvalue weighted by Gasteiger charge is -2.59. The van der Waals surface area contributed by atoms with Gasteiger partial charge in [-0.05, 0) is 178 Å². The summed E-state index contributed by atoms with van der Waals surface area (Å²) in [6.07, 6.45) is 38.9. The van der Waals surface area contributed by atoms with E-state index in [9.17, 15) is 0 Å². The molecule has 0 saturated heterocycles. The van der Waals surface area contributed by atoms with Gasteiger partial charge in [0.05, 0.1) is 44.5 Å². The van der Waals surface area contributed by atoms with Crippen LogP contribution in [0.2, 0.25) is 23.3 Å². The van der Waals surface area contributed by atoms with Crippen molar-refractivity contribution < 1.29 is 4.74 Å². The van der Waals surface area contributed by atoms with Crippen molar-refractivity contribution in [2.24, 2.45) is 23.7 Å². The van der Waals surface area contributed by atoms with Crippen molar-refractivity contribution in [3.05, 3.63) is 508 Å². The molecule has 28 rings (SSSR count). The van der Waals surface area contributed by atoms with Gasteiger partial charge >= 0.3 is 0 Å². The first kappa shape index (κ1) is 75.8. The summed E-state index contributed by atoms with van der Waals surface area (Å²) in [5.74, 6) is 3.71. The van der Waals surface area contributed by atoms with Gasteiger partial charge in [0, 0.05) is 65.9 Å². The Morgan fingerprint density at radius 2 is 0.412 bits per heavy atom. The third kappa shape index (κ3) is 11.2. The zero-order chi connectivity index (χ0) is 86.0. The fourth-order valence-corrected chi connectivity index (χ4v) is 26.7. The predicted molar refractivity (Wildman–Crippen MR) is 553 cm³/mol. The van der Waals surface area contributed by atoms with E-state index in [1.165, 1.54) is 148 Å². The van der Waals surface area contributed by atoms with Crippen LogP contribution < -0.4 is 53.3 Å². The number of rotatable bonds is 8. The Labute approximate surface area is 765 Å². The van der Waals surface area contributed by atoms with Crippen molar-refractivity contribution >= 4 is 153 Å². The van der Waals surface area contributed by atoms with Crippen LogP contribution in [0.15, 0.2) is 485 Å². The minimum Gasteiger partial charge on any atom is -0.453 e. The maximum absolute atomic E-state index is 6.37. The Bertz CT molecular complexity index is 7690. The zero-order valence-corrected chi connectivity index (χ0v) is 72.3. The molecular formula is C122H88B4N4O. The summed E-state index contributed by atoms with van der Waals surface area (Å²) < 4.78 is 13.7. The van der Waals surface area contributed by atoms with Crippen molar-refractivity contribution in [2.75, 3.05) is 4.90 Å². The first-order valence-corrected chi connectivity index (χ1v) is 46.9. The molecule has 2 spiro atoms. The second kappa shape index (κ2) is 30.2. The zero-order valence-electron chi connectivity index (χ0n) is 72.3. The molecule has 0 amide bonds. The first-order valence-electron chi connectivity index (χ1n) is 46.9. The van der Waals surface area contributed by atoms with Crippen LogP contribution in [-0.4, -0.2) is 40.6 Å². The van der Waals surface area contributed by atoms with E-state index < -0.39 is 0 Å². The highest BCUT2D eigenvalue weighted by Crippen LogP contribution is 2.63. The number of allylic oxidation sites excluding steroid dienone is 16. The lowest BCUT2D eigenvalue weighted by atomic mass is 9.19. The summed E-state index contributed by atoms with van der Waals surface area (Å²) in [5.41, 5.74) is 30.7. The molecule has 614 valence electrons. The van der Waals surface area contributed by atoms with Gasteiger partial charge in [0.2, 0.25) is 26.9 Å². The van der Waals surface area contributed by atoms with Crippen LogP contribution in [0.25, 0.3) is 82.5 Å². The molecular weight excluding hydrogens is 1580 g/mol. The molecule has 0 fully saturated rings. The third-order valence-electron chi connectivity index (χ3n) is 31.5. The summed E-state index contributed by atoms with van der Waals surface area (Å²) in [5, 5.41) is 7.73. The largest absolute Gasteiger partial charge is 0.453 e. The number of hydrogen-bond acceptors (Lipinski definition) is 2. The number of hydrogen-bond donors (Lipinski definition) is 0. The Hall–Kier alpha value is -15.3. The molecule has 131 heavy (non-hydrogen) atoms. The lowest BCUT2D eigenvalue weighted by Crippen LogP contribution is -2.67. The number of benzene rings is 16. The number of nitrogens with zero attached hydrogens (tertiary/aromatic N) is 4. The first-order chi connectivity index (χ1) is 65.1. The second-order valence-corrected chi connectivity index (χ2v) is 37.3. The smallest absolute Gasteiger partial charge is 0.217 e. The predicted octanol–water partition coefficient (Wildman–Crippen LogP) is 23.8. The second-order valence-electron chi connectivity index (χ2n) is 37.3. The SMILES string of the molecule is C1=CC2B(c3ccc(-n4c5ccccc5c5ccccc54)cc3)c3ccccc3C3(c4ccccc4B(c4ccc(-n5c6ccccc6c6ccccc65)cc4)C4C=CC=CC43)C2C=C1.C1=CC2B(c3ccc(N4c5ccccc5Oc5ccccc54)cc3)c3ccccc3C3(c4ccccc4B(c4ccc(-n5c6ccccc6c6ccccc65)cc4)C4C=CC=CC43)C2C=C1. The molecule has 16 aromatic carbocycles. The van der Waals surface area contributed by atoms with Crippen molar-refractivity contribution in [3.8, 4) is 28.6 Å². The standard InChI is InChI=1S/C61H44B2N2O.C61H44B2N2/c1-11-27-55-45(17-1)46-18-2-12-28-56(46)64(55)43-37-33-41(34-38-43)62-51-23-7-3-19-47(51)61(48-20-4-8-24-52(48)62)49-21-5-9-25-53(49)63(54-26-10-6-22-50(54)61)42-35-39-44(40-36-42)65-57-29-13-15-31-59(57)66-60-32-16-14-30-58(60)65;1-13-29-57-45(17-1)46-18-2-14-30-58(46)64(57)43-37-33-41(34-38-43)62-53-25-9-5-21-49(53)61(50-22-6-10-26-54(50)62)51-23-7-11-27-55(51)63(56-28-12-8-24-52(56)61)42-35-39-44(40-36-42)65-59-31-15-3-19-47(59)48-20-4-16-32-60(48)65/h1-40,47,49,51,53H;1-40,49,51,53,55H. The minimum atomic E-state index is -0.290. The molecule has 3 aromatic heterocycles. The quantitative estimate of drug-likeness (QED) is 0.142. The van der Waals surface area contributed by atoms with Crippen molar-refractivity contribution in [3.63, 3.8) is 0 Å². The average Bonchev–Trinajstić information content (AvgIpc) is 0.807. The molecule has 5 aliphatic heterocycles. The summed E-state index contributed by atoms with van der Waals surface area (Å²) in [7, 11) is 0. The van der Waals surface area contributed by atoms with E-state index in [0.717, 1.165) is 28.6 Å². The number of ether oxygens (including phenoxy) is 1. The molecule has 0 N–H and O–H groups in total. The highest BCUT2D eigenvalue weighted by molar-refractivity contribution is 6.90. The minimum absolute atomic E-state index is 0.177. The van der Waals surface area contributed by atoms with Gasteiger partial charge in [-0.2, -0.15) is 0 Å². The van der Waals surface area contributed by atoms with Gasteiger partial charge in [0.1, 0.15) is 0 Å². The van der Waals surface area contributed by atoms with Crippen molar-refractivity contribution in [2.45, 2.75) is 34.1 Å². The van der Waals surface area contributed by atoms with Crippen LogP contribution in [0, 0.1) is 23.7 Å². The molecule has 0 bridgehead atoms. The number of fused-ring (bicyclic) bond motifs is 27. The van der Waals surface area contributed by atoms with E-state index in [-0.39, 0.29) is 84.6 Å². The molecule has 9 unspecified atom stereocenters. The van der Waals surface area contributed by atoms with E-state index in [2.05, 4.69) is 492 Å². The molecule has 9 aliphatic rings. The summed E-state index contributed by atoms with van der Waals surface area (Å²) in [6.45, 7) is 0.779. The molecule has 0 radical (unpaired) electrons. The van der Waals surface area contributed by atoms with E-state index in [0.29, 0.717) is 0 Å². The Morgan fingerprint density at radius 3 is 0.679 bits per heavy atom. The van der Waals surface area contributed by atoms with Gasteiger partial charge in [-0.3, -0.25) is 0 Å². The van der Waals surface area contributed by atoms with E-state index in [1.54, 1.807) is 0 Å². The Kier molecular flexibility index (Phi) is 17.5. The van der Waals surface area contributed by atoms with Crippen LogP contribution in [-0.2, 0) is 10.8 Å². The third-order valence-corrected chi connectivity index (χ3v) is 31.5. The molecule has 0 saturated carbocycles. The van der Waals surface area contributed by atoms with Crippen LogP contribution in [0.5, 0.6) is 11.5 Å². The molecule has 4 aliphatic carbocycles. The number of aromatic nitrogens is 3. The summed E-state index contributed by atoms with van der Waals surface area (Å²) in [6, 6.07) is 145. The summed E-state index contributed by atoms with van der Waals surface area (Å²) in [4.78, 5) is 2.34. The fourth-order valence-electron chi connectivity index (χ4n) is 26.7. The van der Waals surface area contributed by atoms with Crippen molar-refractivity contribution in [1.82, 2.24) is 13.7 Å². The van der Waals surface area contributed by atoms with Gasteiger partial charge in [0.25, 0.3) is 0 Å². The topological polar surface area (TPSA) is 27.3 Å². The molecule has 8 heterocycles. The van der Waals surface area contributed by atoms with Gasteiger partial charge in [-0.25, -0.2) is 0 Å². The van der Waals surface area contributed by atoms with E-state index >= 15 is 0 Å². The normalized spacial score (nSPS) is 21.7. The van der Waals surface area contributed by atoms with Gasteiger partial charge in [-0.15, -0.1) is 0 Å². The van der Waals surface area contributed by atoms with Crippen molar-refractivity contribution in [1.29, 1.82) is 0 Å². The van der Waals surface area contributed by atoms with Crippen LogP contribution in [0.3, 0.4) is 0 Å². The van der Waals surface area contributed by atoms with Gasteiger partial charge in [-0.1, -0.05) is 420 Å². The lowest BCUT2D eigenvalue weighted by molar-refractivity contribution is 0.281. The number of anilines is 3. The molecule has 9 atom stereocenters. The highest BCUT2D eigenvalue weighted by Gasteiger charge is 2.64. The van der Waals surface area contributed by atoms with Gasteiger partial charge < -0.3 is 23.3 Å². The monoisotopic (exact) mass is 1670 g/mol. The molecule has 5 nitrogen and oxygen atoms in total. The van der Waals surface area contributed by atoms with Gasteiger partial charge in [0.15, 0.2) is 11.5 Å². The van der Waals surface area contributed by atoms with Crippen LogP contribution >= 0.6 is 0 Å². The molecule has 19 aromatic rings. The summed E-state index contributed by atoms with van der Waals surface area (Å²) >= 11 is 0. The number of para-hydroxylation sites is 10. The highest BCUT2D eigenvalue weighted by atomic mass is 16.5.